The monoisotopic (exact) mass is 321 g/mol. The van der Waals surface area contributed by atoms with Gasteiger partial charge in [0.25, 0.3) is 0 Å². The molecular formula is C12H15N7O2S. The van der Waals surface area contributed by atoms with E-state index in [4.69, 9.17) is 10.5 Å². The minimum absolute atomic E-state index is 0.218. The fraction of sp³-hybridized carbons (Fsp3) is 0.417. The van der Waals surface area contributed by atoms with Crippen molar-refractivity contribution >= 4 is 33.4 Å². The van der Waals surface area contributed by atoms with Gasteiger partial charge in [0, 0.05) is 19.1 Å². The van der Waals surface area contributed by atoms with Gasteiger partial charge in [0.15, 0.2) is 5.82 Å². The summed E-state index contributed by atoms with van der Waals surface area (Å²) in [4.78, 5) is 13.6. The number of nitrogens with two attached hydrogens (primary N) is 1. The molecule has 0 saturated carbocycles. The second-order valence-electron chi connectivity index (χ2n) is 4.82. The zero-order valence-corrected chi connectivity index (χ0v) is 12.7. The van der Waals surface area contributed by atoms with Gasteiger partial charge in [0.05, 0.1) is 18.9 Å². The van der Waals surface area contributed by atoms with Crippen LogP contribution in [0.1, 0.15) is 16.8 Å². The van der Waals surface area contributed by atoms with Crippen molar-refractivity contribution in [1.82, 2.24) is 20.4 Å². The van der Waals surface area contributed by atoms with Crippen molar-refractivity contribution < 1.29 is 9.53 Å². The minimum Gasteiger partial charge on any atom is -0.465 e. The molecule has 2 aromatic rings. The third-order valence-corrected chi connectivity index (χ3v) is 4.03. The molecule has 0 aromatic carbocycles. The second-order valence-corrected chi connectivity index (χ2v) is 5.82. The molecule has 116 valence electrons. The minimum atomic E-state index is -0.422. The van der Waals surface area contributed by atoms with Gasteiger partial charge < -0.3 is 20.7 Å². The molecule has 1 aliphatic heterocycles. The SMILES string of the molecule is COC(=O)c1cnnc(N2CC[C@@H](Nc3nnc(N)s3)C2)c1. The molecule has 2 aromatic heterocycles. The van der Waals surface area contributed by atoms with E-state index in [1.54, 1.807) is 6.07 Å². The van der Waals surface area contributed by atoms with Crippen LogP contribution in [0.4, 0.5) is 16.1 Å². The largest absolute Gasteiger partial charge is 0.465 e. The van der Waals surface area contributed by atoms with E-state index in [1.165, 1.54) is 24.6 Å². The van der Waals surface area contributed by atoms with Crippen molar-refractivity contribution in [3.8, 4) is 0 Å². The summed E-state index contributed by atoms with van der Waals surface area (Å²) in [6.07, 6.45) is 2.31. The Kier molecular flexibility index (Phi) is 4.00. The third kappa shape index (κ3) is 3.06. The molecule has 0 spiro atoms. The van der Waals surface area contributed by atoms with Crippen LogP contribution in [0.15, 0.2) is 12.3 Å². The lowest BCUT2D eigenvalue weighted by Gasteiger charge is -2.17. The molecule has 1 saturated heterocycles. The maximum absolute atomic E-state index is 11.5. The average molecular weight is 321 g/mol. The fourth-order valence-electron chi connectivity index (χ4n) is 2.29. The summed E-state index contributed by atoms with van der Waals surface area (Å²) < 4.78 is 4.69. The molecule has 22 heavy (non-hydrogen) atoms. The van der Waals surface area contributed by atoms with Gasteiger partial charge in [-0.1, -0.05) is 11.3 Å². The van der Waals surface area contributed by atoms with Crippen LogP contribution in [0.5, 0.6) is 0 Å². The quantitative estimate of drug-likeness (QED) is 0.770. The van der Waals surface area contributed by atoms with E-state index >= 15 is 0 Å². The van der Waals surface area contributed by atoms with E-state index in [-0.39, 0.29) is 6.04 Å². The van der Waals surface area contributed by atoms with Crippen molar-refractivity contribution in [3.63, 3.8) is 0 Å². The number of carbonyl (C=O) groups is 1. The first-order valence-corrected chi connectivity index (χ1v) is 7.49. The molecule has 0 unspecified atom stereocenters. The summed E-state index contributed by atoms with van der Waals surface area (Å²) in [6, 6.07) is 1.90. The molecule has 3 rings (SSSR count). The van der Waals surface area contributed by atoms with Crippen molar-refractivity contribution in [2.45, 2.75) is 12.5 Å². The van der Waals surface area contributed by atoms with Crippen LogP contribution in [0, 0.1) is 0 Å². The Morgan fingerprint density at radius 3 is 3.09 bits per heavy atom. The van der Waals surface area contributed by atoms with Crippen molar-refractivity contribution in [2.75, 3.05) is 36.1 Å². The Morgan fingerprint density at radius 1 is 1.50 bits per heavy atom. The molecule has 0 bridgehead atoms. The number of carbonyl (C=O) groups excluding carboxylic acids is 1. The van der Waals surface area contributed by atoms with Gasteiger partial charge in [0.2, 0.25) is 10.3 Å². The first kappa shape index (κ1) is 14.4. The maximum Gasteiger partial charge on any atom is 0.339 e. The van der Waals surface area contributed by atoms with E-state index in [2.05, 4.69) is 30.6 Å². The Hall–Kier alpha value is -2.49. The highest BCUT2D eigenvalue weighted by Crippen LogP contribution is 2.23. The number of hydrogen-bond donors (Lipinski definition) is 2. The summed E-state index contributed by atoms with van der Waals surface area (Å²) >= 11 is 1.32. The van der Waals surface area contributed by atoms with E-state index < -0.39 is 5.97 Å². The predicted octanol–water partition coefficient (Wildman–Crippen LogP) is 0.388. The number of hydrogen-bond acceptors (Lipinski definition) is 10. The fourth-order valence-corrected chi connectivity index (χ4v) is 2.88. The Balaban J connectivity index is 1.66. The number of aromatic nitrogens is 4. The number of anilines is 3. The molecular weight excluding hydrogens is 306 g/mol. The van der Waals surface area contributed by atoms with E-state index in [1.807, 2.05) is 0 Å². The number of methoxy groups -OCH3 is 1. The lowest BCUT2D eigenvalue weighted by molar-refractivity contribution is 0.0600. The molecule has 9 nitrogen and oxygen atoms in total. The van der Waals surface area contributed by atoms with Crippen LogP contribution >= 0.6 is 11.3 Å². The number of rotatable bonds is 4. The second kappa shape index (κ2) is 6.10. The van der Waals surface area contributed by atoms with Gasteiger partial charge in [-0.2, -0.15) is 5.10 Å². The zero-order chi connectivity index (χ0) is 15.5. The summed E-state index contributed by atoms with van der Waals surface area (Å²) in [5, 5.41) is 20.1. The van der Waals surface area contributed by atoms with Gasteiger partial charge >= 0.3 is 5.97 Å². The van der Waals surface area contributed by atoms with Crippen LogP contribution < -0.4 is 16.0 Å². The van der Waals surface area contributed by atoms with Crippen molar-refractivity contribution in [1.29, 1.82) is 0 Å². The Bertz CT molecular complexity index is 677. The number of nitrogens with zero attached hydrogens (tertiary/aromatic N) is 5. The molecule has 10 heteroatoms. The summed E-state index contributed by atoms with van der Waals surface area (Å²) in [7, 11) is 1.34. The molecule has 3 N–H and O–H groups in total. The van der Waals surface area contributed by atoms with E-state index in [0.29, 0.717) is 21.6 Å². The highest BCUT2D eigenvalue weighted by atomic mass is 32.1. The molecule has 0 aliphatic carbocycles. The topological polar surface area (TPSA) is 119 Å². The highest BCUT2D eigenvalue weighted by Gasteiger charge is 2.25. The molecule has 3 heterocycles. The molecule has 1 fully saturated rings. The zero-order valence-electron chi connectivity index (χ0n) is 11.9. The lowest BCUT2D eigenvalue weighted by atomic mass is 10.3. The smallest absolute Gasteiger partial charge is 0.339 e. The summed E-state index contributed by atoms with van der Waals surface area (Å²) in [5.74, 6) is 0.235. The predicted molar refractivity (Wildman–Crippen MR) is 81.9 cm³/mol. The molecule has 1 atom stereocenters. The standard InChI is InChI=1S/C12H15N7O2S/c1-21-10(20)7-4-9(16-14-5-7)19-3-2-8(6-19)15-12-18-17-11(13)22-12/h4-5,8H,2-3,6H2,1H3,(H2,13,17)(H,15,18)/t8-/m1/s1. The first-order valence-electron chi connectivity index (χ1n) is 6.67. The third-order valence-electron chi connectivity index (χ3n) is 3.34. The van der Waals surface area contributed by atoms with Gasteiger partial charge in [-0.3, -0.25) is 0 Å². The van der Waals surface area contributed by atoms with E-state index in [0.717, 1.165) is 19.5 Å². The number of esters is 1. The number of nitrogens with one attached hydrogen (secondary N) is 1. The van der Waals surface area contributed by atoms with Gasteiger partial charge in [-0.25, -0.2) is 4.79 Å². The molecule has 1 aliphatic rings. The number of nitrogen functional groups attached to an aromatic ring is 1. The molecule has 0 radical (unpaired) electrons. The Labute approximate surface area is 130 Å². The van der Waals surface area contributed by atoms with Crippen LogP contribution in [-0.4, -0.2) is 52.6 Å². The molecule has 0 amide bonds. The maximum atomic E-state index is 11.5. The average Bonchev–Trinajstić information content (AvgIpc) is 3.16. The summed E-state index contributed by atoms with van der Waals surface area (Å²) in [6.45, 7) is 1.55. The van der Waals surface area contributed by atoms with Crippen molar-refractivity contribution in [2.24, 2.45) is 0 Å². The normalized spacial score (nSPS) is 17.5. The van der Waals surface area contributed by atoms with Gasteiger partial charge in [-0.05, 0) is 12.5 Å². The lowest BCUT2D eigenvalue weighted by Crippen LogP contribution is -2.27. The Morgan fingerprint density at radius 2 is 2.36 bits per heavy atom. The van der Waals surface area contributed by atoms with Crippen LogP contribution in [0.3, 0.4) is 0 Å². The van der Waals surface area contributed by atoms with Crippen molar-refractivity contribution in [3.05, 3.63) is 17.8 Å². The van der Waals surface area contributed by atoms with E-state index in [9.17, 15) is 4.79 Å². The number of ether oxygens (including phenoxy) is 1. The highest BCUT2D eigenvalue weighted by molar-refractivity contribution is 7.18. The van der Waals surface area contributed by atoms with Crippen LogP contribution in [0.25, 0.3) is 0 Å². The van der Waals surface area contributed by atoms with Crippen LogP contribution in [-0.2, 0) is 4.74 Å². The summed E-state index contributed by atoms with van der Waals surface area (Å²) in [5.41, 5.74) is 5.95. The van der Waals surface area contributed by atoms with Gasteiger partial charge in [0.1, 0.15) is 0 Å². The first-order chi connectivity index (χ1) is 10.7. The van der Waals surface area contributed by atoms with Crippen LogP contribution in [0.2, 0.25) is 0 Å². The van der Waals surface area contributed by atoms with Gasteiger partial charge in [-0.15, -0.1) is 15.3 Å².